The molecule has 4 rings (SSSR count). The number of piperidine rings is 1. The number of carbonyl (C=O) groups excluding carboxylic acids is 1. The minimum Gasteiger partial charge on any atom is -0.356 e. The second-order valence-electron chi connectivity index (χ2n) is 6.25. The summed E-state index contributed by atoms with van der Waals surface area (Å²) >= 11 is 0. The lowest BCUT2D eigenvalue weighted by Crippen LogP contribution is -2.41. The average Bonchev–Trinajstić information content (AvgIpc) is 3.24. The molecular formula is C16H20N6O. The minimum atomic E-state index is 0.141. The van der Waals surface area contributed by atoms with Crippen LogP contribution in [0.25, 0.3) is 5.82 Å². The number of amides is 1. The van der Waals surface area contributed by atoms with E-state index in [0.29, 0.717) is 6.04 Å². The van der Waals surface area contributed by atoms with Crippen LogP contribution in [0.1, 0.15) is 25.7 Å². The number of aromatic nitrogens is 4. The summed E-state index contributed by atoms with van der Waals surface area (Å²) in [7, 11) is 0. The van der Waals surface area contributed by atoms with E-state index in [2.05, 4.69) is 25.2 Å². The third-order valence-electron chi connectivity index (χ3n) is 4.52. The van der Waals surface area contributed by atoms with Crippen LogP contribution < -0.4 is 10.2 Å². The van der Waals surface area contributed by atoms with E-state index in [-0.39, 0.29) is 11.8 Å². The molecule has 3 heterocycles. The Labute approximate surface area is 134 Å². The van der Waals surface area contributed by atoms with Gasteiger partial charge in [-0.25, -0.2) is 15.0 Å². The maximum absolute atomic E-state index is 12.1. The fraction of sp³-hybridized carbons (Fsp3) is 0.500. The van der Waals surface area contributed by atoms with Gasteiger partial charge in [0.15, 0.2) is 0 Å². The molecule has 0 aromatic carbocycles. The van der Waals surface area contributed by atoms with Gasteiger partial charge < -0.3 is 10.2 Å². The Morgan fingerprint density at radius 1 is 1.13 bits per heavy atom. The lowest BCUT2D eigenvalue weighted by Gasteiger charge is -2.32. The van der Waals surface area contributed by atoms with Gasteiger partial charge in [-0.05, 0) is 25.7 Å². The summed E-state index contributed by atoms with van der Waals surface area (Å²) in [5.41, 5.74) is 0. The lowest BCUT2D eigenvalue weighted by atomic mass is 9.96. The molecule has 23 heavy (non-hydrogen) atoms. The zero-order chi connectivity index (χ0) is 15.6. The molecule has 2 aromatic heterocycles. The third kappa shape index (κ3) is 3.18. The molecule has 0 atom stereocenters. The first-order chi connectivity index (χ1) is 11.3. The van der Waals surface area contributed by atoms with Gasteiger partial charge in [0, 0.05) is 43.5 Å². The van der Waals surface area contributed by atoms with Crippen LogP contribution in [0.5, 0.6) is 0 Å². The fourth-order valence-corrected chi connectivity index (χ4v) is 2.96. The van der Waals surface area contributed by atoms with Crippen molar-refractivity contribution in [1.82, 2.24) is 24.8 Å². The topological polar surface area (TPSA) is 75.9 Å². The number of carbonyl (C=O) groups is 1. The second kappa shape index (κ2) is 5.98. The third-order valence-corrected chi connectivity index (χ3v) is 4.52. The van der Waals surface area contributed by atoms with Crippen LogP contribution in [0.3, 0.4) is 0 Å². The predicted molar refractivity (Wildman–Crippen MR) is 85.3 cm³/mol. The molecule has 0 bridgehead atoms. The van der Waals surface area contributed by atoms with Gasteiger partial charge in [0.05, 0.1) is 0 Å². The molecule has 0 unspecified atom stereocenters. The highest BCUT2D eigenvalue weighted by Gasteiger charge is 2.30. The van der Waals surface area contributed by atoms with Gasteiger partial charge in [-0.2, -0.15) is 0 Å². The Bertz CT molecular complexity index is 674. The minimum absolute atomic E-state index is 0.141. The largest absolute Gasteiger partial charge is 0.356 e. The Morgan fingerprint density at radius 3 is 2.61 bits per heavy atom. The summed E-state index contributed by atoms with van der Waals surface area (Å²) in [6, 6.07) is 2.41. The number of nitrogens with one attached hydrogen (secondary N) is 1. The van der Waals surface area contributed by atoms with Crippen molar-refractivity contribution >= 4 is 11.7 Å². The van der Waals surface area contributed by atoms with Gasteiger partial charge in [0.1, 0.15) is 24.3 Å². The Hall–Kier alpha value is -2.44. The molecule has 1 aliphatic heterocycles. The number of rotatable bonds is 4. The van der Waals surface area contributed by atoms with E-state index in [4.69, 9.17) is 0 Å². The van der Waals surface area contributed by atoms with Crippen LogP contribution in [-0.2, 0) is 4.79 Å². The fourth-order valence-electron chi connectivity index (χ4n) is 2.96. The maximum atomic E-state index is 12.1. The lowest BCUT2D eigenvalue weighted by molar-refractivity contribution is -0.125. The molecule has 0 spiro atoms. The number of imidazole rings is 1. The molecule has 1 amide bonds. The molecule has 1 saturated heterocycles. The van der Waals surface area contributed by atoms with Gasteiger partial charge in [0.25, 0.3) is 0 Å². The quantitative estimate of drug-likeness (QED) is 0.917. The number of nitrogens with zero attached hydrogens (tertiary/aromatic N) is 5. The summed E-state index contributed by atoms with van der Waals surface area (Å²) < 4.78 is 1.86. The van der Waals surface area contributed by atoms with E-state index in [0.717, 1.165) is 50.4 Å². The highest BCUT2D eigenvalue weighted by atomic mass is 16.2. The number of anilines is 1. The summed E-state index contributed by atoms with van der Waals surface area (Å²) in [4.78, 5) is 27.1. The second-order valence-corrected chi connectivity index (χ2v) is 6.25. The van der Waals surface area contributed by atoms with Crippen LogP contribution in [0.2, 0.25) is 0 Å². The molecule has 120 valence electrons. The number of hydrogen-bond acceptors (Lipinski definition) is 5. The van der Waals surface area contributed by atoms with Gasteiger partial charge in [-0.1, -0.05) is 0 Å². The zero-order valence-electron chi connectivity index (χ0n) is 12.9. The van der Waals surface area contributed by atoms with Crippen LogP contribution in [0, 0.1) is 5.92 Å². The van der Waals surface area contributed by atoms with Crippen molar-refractivity contribution in [2.24, 2.45) is 5.92 Å². The molecule has 1 N–H and O–H groups in total. The summed E-state index contributed by atoms with van der Waals surface area (Å²) in [5.74, 6) is 2.08. The van der Waals surface area contributed by atoms with Crippen molar-refractivity contribution in [3.63, 3.8) is 0 Å². The van der Waals surface area contributed by atoms with E-state index in [1.165, 1.54) is 0 Å². The van der Waals surface area contributed by atoms with Crippen LogP contribution >= 0.6 is 0 Å². The van der Waals surface area contributed by atoms with E-state index in [9.17, 15) is 4.79 Å². The van der Waals surface area contributed by atoms with Gasteiger partial charge in [-0.3, -0.25) is 9.36 Å². The Kier molecular flexibility index (Phi) is 3.69. The zero-order valence-corrected chi connectivity index (χ0v) is 12.9. The molecule has 1 saturated carbocycles. The van der Waals surface area contributed by atoms with E-state index in [1.807, 2.05) is 16.8 Å². The average molecular weight is 312 g/mol. The molecule has 2 aliphatic rings. The van der Waals surface area contributed by atoms with Gasteiger partial charge in [-0.15, -0.1) is 0 Å². The first-order valence-corrected chi connectivity index (χ1v) is 8.15. The normalized spacial score (nSPS) is 18.9. The van der Waals surface area contributed by atoms with Crippen molar-refractivity contribution in [2.75, 3.05) is 18.0 Å². The predicted octanol–water partition coefficient (Wildman–Crippen LogP) is 1.16. The first kappa shape index (κ1) is 14.2. The summed E-state index contributed by atoms with van der Waals surface area (Å²) in [5, 5.41) is 3.11. The van der Waals surface area contributed by atoms with Crippen LogP contribution in [0.15, 0.2) is 31.1 Å². The summed E-state index contributed by atoms with van der Waals surface area (Å²) in [6.07, 6.45) is 10.9. The van der Waals surface area contributed by atoms with Crippen LogP contribution in [0.4, 0.5) is 5.82 Å². The number of hydrogen-bond donors (Lipinski definition) is 1. The van der Waals surface area contributed by atoms with Crippen molar-refractivity contribution in [3.05, 3.63) is 31.1 Å². The highest BCUT2D eigenvalue weighted by molar-refractivity contribution is 5.79. The Morgan fingerprint density at radius 2 is 1.91 bits per heavy atom. The highest BCUT2D eigenvalue weighted by Crippen LogP contribution is 2.25. The molecule has 7 nitrogen and oxygen atoms in total. The molecule has 1 aliphatic carbocycles. The molecule has 2 fully saturated rings. The standard InChI is InChI=1S/C16H20N6O/c23-16(20-13-1-2-13)12-3-6-21(7-4-12)14-9-15(19-10-18-14)22-8-5-17-11-22/h5,8-13H,1-4,6-7H2,(H,20,23). The van der Waals surface area contributed by atoms with Gasteiger partial charge in [0.2, 0.25) is 5.91 Å². The Balaban J connectivity index is 1.40. The van der Waals surface area contributed by atoms with Crippen molar-refractivity contribution < 1.29 is 4.79 Å². The molecule has 7 heteroatoms. The van der Waals surface area contributed by atoms with Crippen molar-refractivity contribution in [3.8, 4) is 5.82 Å². The first-order valence-electron chi connectivity index (χ1n) is 8.15. The van der Waals surface area contributed by atoms with Crippen molar-refractivity contribution in [2.45, 2.75) is 31.7 Å². The van der Waals surface area contributed by atoms with Crippen molar-refractivity contribution in [1.29, 1.82) is 0 Å². The molecular weight excluding hydrogens is 292 g/mol. The van der Waals surface area contributed by atoms with E-state index >= 15 is 0 Å². The van der Waals surface area contributed by atoms with E-state index in [1.54, 1.807) is 18.9 Å². The maximum Gasteiger partial charge on any atom is 0.223 e. The van der Waals surface area contributed by atoms with Gasteiger partial charge >= 0.3 is 0 Å². The smallest absolute Gasteiger partial charge is 0.223 e. The monoisotopic (exact) mass is 312 g/mol. The molecule has 0 radical (unpaired) electrons. The van der Waals surface area contributed by atoms with E-state index < -0.39 is 0 Å². The SMILES string of the molecule is O=C(NC1CC1)C1CCN(c2cc(-n3ccnc3)ncn2)CC1. The summed E-state index contributed by atoms with van der Waals surface area (Å²) in [6.45, 7) is 1.70. The van der Waals surface area contributed by atoms with Crippen LogP contribution in [-0.4, -0.2) is 44.6 Å². The molecule has 2 aromatic rings.